The molecule has 14 heteroatoms. The van der Waals surface area contributed by atoms with Crippen LogP contribution in [0.15, 0.2) is 48.6 Å². The molecule has 0 bridgehead atoms. The minimum atomic E-state index is -1.71. The molecule has 2 aliphatic heterocycles. The van der Waals surface area contributed by atoms with Crippen LogP contribution in [0.3, 0.4) is 0 Å². The quantitative estimate of drug-likeness (QED) is 0.0251. The number of aliphatic hydroxyl groups is 7. The molecule has 2 fully saturated rings. The summed E-state index contributed by atoms with van der Waals surface area (Å²) in [7, 11) is 0. The molecule has 0 aromatic carbocycles. The summed E-state index contributed by atoms with van der Waals surface area (Å²) < 4.78 is 34.1. The minimum Gasteiger partial charge on any atom is -0.457 e. The first kappa shape index (κ1) is 54.1. The Balaban J connectivity index is 1.82. The zero-order valence-electron chi connectivity index (χ0n) is 36.4. The maximum atomic E-state index is 12.9. The second-order valence-electron chi connectivity index (χ2n) is 15.8. The molecule has 0 aromatic rings. The molecule has 0 saturated carbocycles. The number of hydrogen-bond acceptors (Lipinski definition) is 14. The van der Waals surface area contributed by atoms with Crippen LogP contribution < -0.4 is 0 Å². The first-order chi connectivity index (χ1) is 29.1. The Bertz CT molecular complexity index is 1180. The van der Waals surface area contributed by atoms with Gasteiger partial charge in [-0.3, -0.25) is 4.79 Å². The second-order valence-corrected chi connectivity index (χ2v) is 15.8. The highest BCUT2D eigenvalue weighted by atomic mass is 16.7. The molecule has 348 valence electrons. The van der Waals surface area contributed by atoms with Gasteiger partial charge >= 0.3 is 5.97 Å². The highest BCUT2D eigenvalue weighted by molar-refractivity contribution is 5.69. The van der Waals surface area contributed by atoms with Gasteiger partial charge in [0.2, 0.25) is 0 Å². The Morgan fingerprint density at radius 3 is 1.72 bits per heavy atom. The summed E-state index contributed by atoms with van der Waals surface area (Å²) in [6, 6.07) is 0. The molecule has 11 unspecified atom stereocenters. The Morgan fingerprint density at radius 2 is 1.08 bits per heavy atom. The number of esters is 1. The van der Waals surface area contributed by atoms with E-state index in [-0.39, 0.29) is 19.6 Å². The molecule has 60 heavy (non-hydrogen) atoms. The van der Waals surface area contributed by atoms with E-state index in [4.69, 9.17) is 28.4 Å². The van der Waals surface area contributed by atoms with Gasteiger partial charge in [-0.15, -0.1) is 0 Å². The third-order valence-corrected chi connectivity index (χ3v) is 10.6. The van der Waals surface area contributed by atoms with E-state index in [2.05, 4.69) is 62.5 Å². The summed E-state index contributed by atoms with van der Waals surface area (Å²) in [5.74, 6) is -0.399. The summed E-state index contributed by atoms with van der Waals surface area (Å²) in [5.41, 5.74) is 0. The van der Waals surface area contributed by atoms with Crippen LogP contribution in [-0.4, -0.2) is 142 Å². The van der Waals surface area contributed by atoms with Gasteiger partial charge in [0.15, 0.2) is 12.6 Å². The Kier molecular flexibility index (Phi) is 31.0. The van der Waals surface area contributed by atoms with Gasteiger partial charge < -0.3 is 64.2 Å². The molecule has 2 heterocycles. The highest BCUT2D eigenvalue weighted by Crippen LogP contribution is 2.26. The molecule has 2 aliphatic rings. The number of allylic oxidation sites excluding steroid dienone is 8. The van der Waals surface area contributed by atoms with E-state index in [1.165, 1.54) is 25.7 Å². The van der Waals surface area contributed by atoms with Crippen LogP contribution in [-0.2, 0) is 33.2 Å². The van der Waals surface area contributed by atoms with E-state index in [1.807, 2.05) is 0 Å². The van der Waals surface area contributed by atoms with E-state index < -0.39 is 86.7 Å². The molecule has 2 rings (SSSR count). The number of unbranched alkanes of at least 4 members (excludes halogenated alkanes) is 12. The zero-order valence-corrected chi connectivity index (χ0v) is 36.4. The number of aliphatic hydroxyl groups excluding tert-OH is 7. The van der Waals surface area contributed by atoms with E-state index >= 15 is 0 Å². The lowest BCUT2D eigenvalue weighted by Crippen LogP contribution is -2.61. The maximum absolute atomic E-state index is 12.9. The van der Waals surface area contributed by atoms with Crippen LogP contribution >= 0.6 is 0 Å². The topological polar surface area (TPSA) is 214 Å². The molecule has 7 N–H and O–H groups in total. The lowest BCUT2D eigenvalue weighted by atomic mass is 9.98. The second kappa shape index (κ2) is 34.4. The fourth-order valence-electron chi connectivity index (χ4n) is 6.83. The van der Waals surface area contributed by atoms with Crippen molar-refractivity contribution in [2.75, 3.05) is 33.0 Å². The lowest BCUT2D eigenvalue weighted by Gasteiger charge is -2.42. The number of hydrogen-bond donors (Lipinski definition) is 7. The average molecular weight is 857 g/mol. The fourth-order valence-corrected chi connectivity index (χ4v) is 6.83. The molecular formula is C46H80O14. The van der Waals surface area contributed by atoms with E-state index in [9.17, 15) is 40.5 Å². The predicted octanol–water partition coefficient (Wildman–Crippen LogP) is 5.23. The van der Waals surface area contributed by atoms with E-state index in [0.717, 1.165) is 83.5 Å². The third-order valence-electron chi connectivity index (χ3n) is 10.6. The fraction of sp³-hybridized carbons (Fsp3) is 0.804. The zero-order chi connectivity index (χ0) is 43.8. The van der Waals surface area contributed by atoms with Gasteiger partial charge in [-0.25, -0.2) is 0 Å². The van der Waals surface area contributed by atoms with Crippen LogP contribution in [0.1, 0.15) is 136 Å². The maximum Gasteiger partial charge on any atom is 0.306 e. The molecule has 0 amide bonds. The Hall–Kier alpha value is -2.05. The normalized spacial score (nSPS) is 28.1. The smallest absolute Gasteiger partial charge is 0.306 e. The molecular weight excluding hydrogens is 776 g/mol. The standard InChI is InChI=1S/C46H80O14/c1-3-5-7-9-11-13-15-16-17-18-19-21-23-25-27-29-38(48)58-35(32-55-30-28-26-24-22-20-14-12-10-8-6-4-2)33-56-45-44(54)42(52)40(50)37(60-45)34-57-46-43(53)41(51)39(49)36(31-47)59-46/h5,7-8,10-11,13,16-17,35-37,39-47,49-54H,3-4,6,9,12,14-15,18-34H2,1-2H3/b7-5-,10-8-,13-11-,17-16-. The summed E-state index contributed by atoms with van der Waals surface area (Å²) in [6.45, 7) is 3.45. The average Bonchev–Trinajstić information content (AvgIpc) is 3.24. The van der Waals surface area contributed by atoms with Crippen LogP contribution in [0.25, 0.3) is 0 Å². The molecule has 0 spiro atoms. The molecule has 11 atom stereocenters. The molecule has 2 saturated heterocycles. The summed E-state index contributed by atoms with van der Waals surface area (Å²) >= 11 is 0. The van der Waals surface area contributed by atoms with Crippen molar-refractivity contribution in [3.05, 3.63) is 48.6 Å². The van der Waals surface area contributed by atoms with Crippen molar-refractivity contribution in [2.24, 2.45) is 0 Å². The van der Waals surface area contributed by atoms with Crippen LogP contribution in [0, 0.1) is 0 Å². The number of ether oxygens (including phenoxy) is 6. The Morgan fingerprint density at radius 1 is 0.567 bits per heavy atom. The van der Waals surface area contributed by atoms with E-state index in [1.54, 1.807) is 0 Å². The van der Waals surface area contributed by atoms with Crippen molar-refractivity contribution in [3.63, 3.8) is 0 Å². The monoisotopic (exact) mass is 857 g/mol. The van der Waals surface area contributed by atoms with Crippen LogP contribution in [0.2, 0.25) is 0 Å². The van der Waals surface area contributed by atoms with Crippen molar-refractivity contribution in [1.82, 2.24) is 0 Å². The summed E-state index contributed by atoms with van der Waals surface area (Å²) in [6.07, 6.45) is 20.4. The van der Waals surface area contributed by atoms with Crippen molar-refractivity contribution < 1.29 is 69.0 Å². The van der Waals surface area contributed by atoms with Gasteiger partial charge in [0.05, 0.1) is 26.4 Å². The van der Waals surface area contributed by atoms with Crippen LogP contribution in [0.5, 0.6) is 0 Å². The molecule has 14 nitrogen and oxygen atoms in total. The summed E-state index contributed by atoms with van der Waals surface area (Å²) in [5, 5.41) is 71.9. The van der Waals surface area contributed by atoms with Crippen LogP contribution in [0.4, 0.5) is 0 Å². The first-order valence-corrected chi connectivity index (χ1v) is 22.7. The van der Waals surface area contributed by atoms with Crippen molar-refractivity contribution in [1.29, 1.82) is 0 Å². The predicted molar refractivity (Wildman–Crippen MR) is 229 cm³/mol. The highest BCUT2D eigenvalue weighted by Gasteiger charge is 2.47. The van der Waals surface area contributed by atoms with Gasteiger partial charge in [0.25, 0.3) is 0 Å². The largest absolute Gasteiger partial charge is 0.457 e. The van der Waals surface area contributed by atoms with E-state index in [0.29, 0.717) is 13.0 Å². The number of carbonyl (C=O) groups excluding carboxylic acids is 1. The molecule has 0 aromatic heterocycles. The van der Waals surface area contributed by atoms with Crippen molar-refractivity contribution >= 4 is 5.97 Å². The van der Waals surface area contributed by atoms with Crippen molar-refractivity contribution in [2.45, 2.75) is 203 Å². The van der Waals surface area contributed by atoms with Gasteiger partial charge in [-0.2, -0.15) is 0 Å². The number of rotatable bonds is 34. The minimum absolute atomic E-state index is 0.0483. The lowest BCUT2D eigenvalue weighted by molar-refractivity contribution is -0.332. The third kappa shape index (κ3) is 22.9. The van der Waals surface area contributed by atoms with Gasteiger partial charge in [-0.05, 0) is 64.2 Å². The molecule has 0 aliphatic carbocycles. The first-order valence-electron chi connectivity index (χ1n) is 22.7. The summed E-state index contributed by atoms with van der Waals surface area (Å²) in [4.78, 5) is 12.9. The van der Waals surface area contributed by atoms with Gasteiger partial charge in [-0.1, -0.05) is 114 Å². The SMILES string of the molecule is CC/C=C\C/C=C\C/C=C\CCCCCCCC(=O)OC(COCCCCCCCC/C=C\CCC)COC1OC(COC2OC(CO)C(O)C(O)C2O)C(O)C(O)C1O. The van der Waals surface area contributed by atoms with Crippen molar-refractivity contribution in [3.8, 4) is 0 Å². The number of carbonyl (C=O) groups is 1. The van der Waals surface area contributed by atoms with Gasteiger partial charge in [0, 0.05) is 13.0 Å². The van der Waals surface area contributed by atoms with Gasteiger partial charge in [0.1, 0.15) is 54.9 Å². The molecule has 0 radical (unpaired) electrons. The Labute approximate surface area is 359 Å².